The molecule has 9 heteroatoms. The number of aryl methyl sites for hydroxylation is 1. The molecule has 3 aromatic carbocycles. The van der Waals surface area contributed by atoms with Gasteiger partial charge < -0.3 is 29.9 Å². The molecule has 3 N–H and O–H groups in total. The molecule has 6 bridgehead atoms. The number of ether oxygens (including phenoxy) is 2. The number of benzene rings is 3. The fourth-order valence-corrected chi connectivity index (χ4v) is 5.11. The Hall–Kier alpha value is -5.18. The number of Topliss-reactive ketones (excluding diaryl/α,β-unsaturated/α-hetero) is 1. The van der Waals surface area contributed by atoms with Gasteiger partial charge in [0.2, 0.25) is 5.91 Å². The molecule has 5 heterocycles. The second-order valence-electron chi connectivity index (χ2n) is 11.1. The van der Waals surface area contributed by atoms with Crippen LogP contribution in [-0.4, -0.2) is 54.2 Å². The fraction of sp³-hybridized carbons (Fsp3) is 0.278. The van der Waals surface area contributed by atoms with E-state index in [1.54, 1.807) is 6.07 Å². The maximum atomic E-state index is 13.5. The SMILES string of the molecule is O=CC(Cc1ccccc1)NC(=O)C1Cc2ccc(cc2)OCCCCOc2ccc(cc2)CCC(=O)c2ccc([nH]2)C(=O)N1. The van der Waals surface area contributed by atoms with Crippen molar-refractivity contribution in [2.45, 2.75) is 50.6 Å². The number of rotatable bonds is 5. The minimum atomic E-state index is -0.988. The van der Waals surface area contributed by atoms with Crippen LogP contribution in [0, 0.1) is 0 Å². The van der Waals surface area contributed by atoms with Crippen molar-refractivity contribution in [3.63, 3.8) is 0 Å². The summed E-state index contributed by atoms with van der Waals surface area (Å²) in [5.41, 5.74) is 3.17. The number of hydrogen-bond acceptors (Lipinski definition) is 6. The quantitative estimate of drug-likeness (QED) is 0.284. The molecule has 8 rings (SSSR count). The lowest BCUT2D eigenvalue weighted by molar-refractivity contribution is -0.125. The monoisotopic (exact) mass is 607 g/mol. The highest BCUT2D eigenvalue weighted by Gasteiger charge is 2.25. The zero-order valence-corrected chi connectivity index (χ0v) is 25.0. The number of ketones is 1. The second-order valence-corrected chi connectivity index (χ2v) is 11.1. The summed E-state index contributed by atoms with van der Waals surface area (Å²) in [7, 11) is 0. The number of hydrogen-bond donors (Lipinski definition) is 3. The summed E-state index contributed by atoms with van der Waals surface area (Å²) in [6.45, 7) is 1.10. The Balaban J connectivity index is 1.34. The maximum Gasteiger partial charge on any atom is 0.268 e. The van der Waals surface area contributed by atoms with Crippen molar-refractivity contribution in [2.75, 3.05) is 13.2 Å². The van der Waals surface area contributed by atoms with Gasteiger partial charge >= 0.3 is 0 Å². The Morgan fingerprint density at radius 3 is 2.07 bits per heavy atom. The molecule has 0 fully saturated rings. The van der Waals surface area contributed by atoms with E-state index in [9.17, 15) is 19.2 Å². The van der Waals surface area contributed by atoms with Gasteiger partial charge in [0, 0.05) is 12.8 Å². The molecule has 2 unspecified atom stereocenters. The van der Waals surface area contributed by atoms with E-state index < -0.39 is 23.9 Å². The van der Waals surface area contributed by atoms with Gasteiger partial charge in [0.05, 0.1) is 24.9 Å². The summed E-state index contributed by atoms with van der Waals surface area (Å²) in [6.07, 6.45) is 3.64. The Morgan fingerprint density at radius 2 is 1.42 bits per heavy atom. The number of carbonyl (C=O) groups is 4. The first-order chi connectivity index (χ1) is 22.0. The van der Waals surface area contributed by atoms with E-state index in [2.05, 4.69) is 15.6 Å². The second kappa shape index (κ2) is 15.5. The van der Waals surface area contributed by atoms with Crippen LogP contribution in [0.4, 0.5) is 0 Å². The van der Waals surface area contributed by atoms with Crippen molar-refractivity contribution >= 4 is 23.9 Å². The zero-order chi connectivity index (χ0) is 31.4. The highest BCUT2D eigenvalue weighted by Crippen LogP contribution is 2.17. The van der Waals surface area contributed by atoms with Crippen LogP contribution in [0.15, 0.2) is 91.0 Å². The summed E-state index contributed by atoms with van der Waals surface area (Å²) in [5.74, 6) is 0.317. The molecule has 2 atom stereocenters. The summed E-state index contributed by atoms with van der Waals surface area (Å²) in [4.78, 5) is 54.5. The smallest absolute Gasteiger partial charge is 0.268 e. The summed E-state index contributed by atoms with van der Waals surface area (Å²) in [5, 5.41) is 5.58. The normalized spacial score (nSPS) is 16.8. The number of amides is 2. The van der Waals surface area contributed by atoms with Crippen LogP contribution in [0.25, 0.3) is 0 Å². The van der Waals surface area contributed by atoms with E-state index in [0.29, 0.717) is 43.8 Å². The van der Waals surface area contributed by atoms with Crippen molar-refractivity contribution in [1.82, 2.24) is 15.6 Å². The number of aromatic nitrogens is 1. The van der Waals surface area contributed by atoms with E-state index in [-0.39, 0.29) is 24.3 Å². The van der Waals surface area contributed by atoms with Gasteiger partial charge in [-0.3, -0.25) is 14.4 Å². The minimum Gasteiger partial charge on any atom is -0.494 e. The van der Waals surface area contributed by atoms with Crippen molar-refractivity contribution in [3.05, 3.63) is 119 Å². The first-order valence-electron chi connectivity index (χ1n) is 15.2. The fourth-order valence-electron chi connectivity index (χ4n) is 5.11. The van der Waals surface area contributed by atoms with Crippen LogP contribution in [-0.2, 0) is 28.9 Å². The van der Waals surface area contributed by atoms with Crippen molar-refractivity contribution in [1.29, 1.82) is 0 Å². The summed E-state index contributed by atoms with van der Waals surface area (Å²) >= 11 is 0. The molecular weight excluding hydrogens is 570 g/mol. The van der Waals surface area contributed by atoms with Crippen LogP contribution >= 0.6 is 0 Å². The largest absolute Gasteiger partial charge is 0.494 e. The van der Waals surface area contributed by atoms with E-state index >= 15 is 0 Å². The van der Waals surface area contributed by atoms with Crippen molar-refractivity contribution in [2.24, 2.45) is 0 Å². The lowest BCUT2D eigenvalue weighted by Crippen LogP contribution is -2.51. The van der Waals surface area contributed by atoms with E-state index in [4.69, 9.17) is 9.47 Å². The molecule has 0 radical (unpaired) electrons. The third kappa shape index (κ3) is 9.15. The number of aromatic amines is 1. The number of carbonyl (C=O) groups excluding carboxylic acids is 4. The van der Waals surface area contributed by atoms with Gasteiger partial charge in [0.25, 0.3) is 5.91 Å². The van der Waals surface area contributed by atoms with Gasteiger partial charge in [0.1, 0.15) is 29.5 Å². The molecule has 0 saturated heterocycles. The minimum absolute atomic E-state index is 0.129. The summed E-state index contributed by atoms with van der Waals surface area (Å²) < 4.78 is 11.7. The van der Waals surface area contributed by atoms with Gasteiger partial charge in [-0.05, 0) is 78.8 Å². The topological polar surface area (TPSA) is 127 Å². The number of aldehydes is 1. The first kappa shape index (κ1) is 31.3. The van der Waals surface area contributed by atoms with Crippen molar-refractivity contribution in [3.8, 4) is 11.5 Å². The van der Waals surface area contributed by atoms with Crippen molar-refractivity contribution < 1.29 is 28.7 Å². The predicted molar refractivity (Wildman–Crippen MR) is 170 cm³/mol. The van der Waals surface area contributed by atoms with E-state index in [1.807, 2.05) is 78.9 Å². The lowest BCUT2D eigenvalue weighted by atomic mass is 10.0. The molecule has 9 nitrogen and oxygen atoms in total. The Labute approximate surface area is 262 Å². The summed E-state index contributed by atoms with van der Waals surface area (Å²) in [6, 6.07) is 25.8. The maximum absolute atomic E-state index is 13.5. The predicted octanol–water partition coefficient (Wildman–Crippen LogP) is 4.65. The molecule has 0 spiro atoms. The van der Waals surface area contributed by atoms with Crippen LogP contribution in [0.3, 0.4) is 0 Å². The number of nitrogens with one attached hydrogen (secondary N) is 3. The Kier molecular flexibility index (Phi) is 10.8. The van der Waals surface area contributed by atoms with Gasteiger partial charge in [-0.1, -0.05) is 54.6 Å². The highest BCUT2D eigenvalue weighted by molar-refractivity contribution is 6.00. The zero-order valence-electron chi connectivity index (χ0n) is 25.0. The van der Waals surface area contributed by atoms with Crippen LogP contribution < -0.4 is 20.1 Å². The standard InChI is InChI=1S/C36H37N3O6/c40-24-28(22-26-6-2-1-3-7-26)37-36(43)33-23-27-10-15-30(16-11-27)45-21-5-4-20-44-29-13-8-25(9-14-29)12-19-34(41)31-17-18-32(38-31)35(42)39-33/h1-3,6-11,13-18,24,28,33,38H,4-5,12,19-23H2,(H,37,43)(H,39,42). The average Bonchev–Trinajstić information content (AvgIpc) is 3.57. The average molecular weight is 608 g/mol. The van der Waals surface area contributed by atoms with Gasteiger partial charge in [-0.2, -0.15) is 0 Å². The van der Waals surface area contributed by atoms with E-state index in [0.717, 1.165) is 35.3 Å². The molecule has 0 aliphatic carbocycles. The molecule has 4 aliphatic rings. The molecular formula is C36H37N3O6. The van der Waals surface area contributed by atoms with E-state index in [1.165, 1.54) is 6.07 Å². The Morgan fingerprint density at radius 1 is 0.800 bits per heavy atom. The van der Waals surface area contributed by atoms with Gasteiger partial charge in [-0.25, -0.2) is 0 Å². The first-order valence-corrected chi connectivity index (χ1v) is 15.2. The molecule has 4 aromatic rings. The molecule has 45 heavy (non-hydrogen) atoms. The Bertz CT molecular complexity index is 1580. The molecule has 232 valence electrons. The highest BCUT2D eigenvalue weighted by atomic mass is 16.5. The third-order valence-electron chi connectivity index (χ3n) is 7.65. The number of H-pyrrole nitrogens is 1. The van der Waals surface area contributed by atoms with Crippen LogP contribution in [0.1, 0.15) is 56.9 Å². The van der Waals surface area contributed by atoms with Crippen LogP contribution in [0.5, 0.6) is 11.5 Å². The molecule has 2 amide bonds. The molecule has 0 saturated carbocycles. The third-order valence-corrected chi connectivity index (χ3v) is 7.65. The molecule has 4 aliphatic heterocycles. The van der Waals surface area contributed by atoms with Gasteiger partial charge in [-0.15, -0.1) is 0 Å². The molecule has 1 aromatic heterocycles. The van der Waals surface area contributed by atoms with Gasteiger partial charge in [0.15, 0.2) is 5.78 Å². The lowest BCUT2D eigenvalue weighted by Gasteiger charge is -2.21. The van der Waals surface area contributed by atoms with Crippen LogP contribution in [0.2, 0.25) is 0 Å².